The van der Waals surface area contributed by atoms with Crippen molar-refractivity contribution in [2.45, 2.75) is 27.2 Å². The van der Waals surface area contributed by atoms with Crippen molar-refractivity contribution in [2.24, 2.45) is 11.3 Å². The molecule has 2 N–H and O–H groups in total. The molecule has 0 radical (unpaired) electrons. The average Bonchev–Trinajstić information content (AvgIpc) is 2.00. The van der Waals surface area contributed by atoms with Gasteiger partial charge in [0.05, 0.1) is 0 Å². The van der Waals surface area contributed by atoms with E-state index in [-0.39, 0.29) is 43.7 Å². The van der Waals surface area contributed by atoms with E-state index in [1.165, 1.54) is 6.92 Å². The molecule has 0 aromatic rings. The average molecular weight is 216 g/mol. The number of rotatable bonds is 4. The molecule has 4 nitrogen and oxygen atoms in total. The van der Waals surface area contributed by atoms with Crippen LogP contribution in [0.25, 0.3) is 0 Å². The molecule has 0 bridgehead atoms. The van der Waals surface area contributed by atoms with Crippen molar-refractivity contribution >= 4 is 49.7 Å². The third-order valence-corrected chi connectivity index (χ3v) is 2.49. The van der Waals surface area contributed by atoms with Gasteiger partial charge in [0.1, 0.15) is 0 Å². The van der Waals surface area contributed by atoms with Crippen LogP contribution in [0.5, 0.6) is 0 Å². The summed E-state index contributed by atoms with van der Waals surface area (Å²) < 4.78 is 0. The standard InChI is InChI=1S/C8H14O4.Ca.2H/c1-4-5(2)8(3,6(9)10)7(11)12;;;/h5H,4H2,1-3H3,(H,9,10)(H,11,12);;;. The maximum absolute atomic E-state index is 10.7. The normalized spacial score (nSPS) is 12.8. The van der Waals surface area contributed by atoms with Crippen LogP contribution in [-0.4, -0.2) is 59.9 Å². The van der Waals surface area contributed by atoms with Crippen LogP contribution in [0, 0.1) is 11.3 Å². The molecule has 0 aliphatic rings. The summed E-state index contributed by atoms with van der Waals surface area (Å²) in [6.07, 6.45) is 0.537. The molecule has 0 heterocycles. The molecule has 0 saturated carbocycles. The number of carboxylic acids is 2. The third kappa shape index (κ3) is 3.11. The van der Waals surface area contributed by atoms with Gasteiger partial charge in [-0.25, -0.2) is 0 Å². The topological polar surface area (TPSA) is 74.6 Å². The number of hydrogen-bond acceptors (Lipinski definition) is 2. The summed E-state index contributed by atoms with van der Waals surface area (Å²) >= 11 is 0. The van der Waals surface area contributed by atoms with Crippen molar-refractivity contribution in [3.63, 3.8) is 0 Å². The van der Waals surface area contributed by atoms with E-state index in [9.17, 15) is 9.59 Å². The predicted molar refractivity (Wildman–Crippen MR) is 51.4 cm³/mol. The fraction of sp³-hybridized carbons (Fsp3) is 0.750. The van der Waals surface area contributed by atoms with Gasteiger partial charge < -0.3 is 10.2 Å². The van der Waals surface area contributed by atoms with Gasteiger partial charge >= 0.3 is 49.7 Å². The quantitative estimate of drug-likeness (QED) is 0.523. The van der Waals surface area contributed by atoms with Gasteiger partial charge in [-0.2, -0.15) is 0 Å². The zero-order chi connectivity index (χ0) is 9.94. The van der Waals surface area contributed by atoms with Crippen LogP contribution in [0.1, 0.15) is 27.2 Å². The molecule has 0 rings (SSSR count). The summed E-state index contributed by atoms with van der Waals surface area (Å²) in [5.41, 5.74) is -1.66. The summed E-state index contributed by atoms with van der Waals surface area (Å²) in [5, 5.41) is 17.4. The molecule has 0 saturated heterocycles. The van der Waals surface area contributed by atoms with E-state index < -0.39 is 17.4 Å². The summed E-state index contributed by atoms with van der Waals surface area (Å²) in [6, 6.07) is 0. The molecule has 0 aliphatic heterocycles. The Balaban J connectivity index is 0. The minimum absolute atomic E-state index is 0. The van der Waals surface area contributed by atoms with Crippen molar-refractivity contribution in [1.29, 1.82) is 0 Å². The Morgan fingerprint density at radius 2 is 1.62 bits per heavy atom. The molecular weight excluding hydrogens is 200 g/mol. The van der Waals surface area contributed by atoms with Crippen LogP contribution in [0.2, 0.25) is 0 Å². The second kappa shape index (κ2) is 5.83. The van der Waals surface area contributed by atoms with Crippen molar-refractivity contribution < 1.29 is 19.8 Å². The van der Waals surface area contributed by atoms with Crippen LogP contribution in [0.3, 0.4) is 0 Å². The Morgan fingerprint density at radius 1 is 1.31 bits per heavy atom. The van der Waals surface area contributed by atoms with E-state index >= 15 is 0 Å². The second-order valence-electron chi connectivity index (χ2n) is 3.12. The van der Waals surface area contributed by atoms with Crippen LogP contribution >= 0.6 is 0 Å². The van der Waals surface area contributed by atoms with Crippen molar-refractivity contribution in [3.8, 4) is 0 Å². The first-order valence-corrected chi connectivity index (χ1v) is 3.84. The molecule has 1 atom stereocenters. The van der Waals surface area contributed by atoms with E-state index in [2.05, 4.69) is 0 Å². The second-order valence-corrected chi connectivity index (χ2v) is 3.12. The third-order valence-electron chi connectivity index (χ3n) is 2.49. The zero-order valence-corrected chi connectivity index (χ0v) is 7.50. The van der Waals surface area contributed by atoms with Crippen molar-refractivity contribution in [1.82, 2.24) is 0 Å². The summed E-state index contributed by atoms with van der Waals surface area (Å²) in [7, 11) is 0. The molecule has 0 amide bonds. The zero-order valence-electron chi connectivity index (χ0n) is 7.50. The molecule has 0 aliphatic carbocycles. The van der Waals surface area contributed by atoms with Gasteiger partial charge in [-0.15, -0.1) is 0 Å². The van der Waals surface area contributed by atoms with Gasteiger partial charge in [-0.05, 0) is 12.8 Å². The summed E-state index contributed by atoms with van der Waals surface area (Å²) in [5.74, 6) is -2.92. The summed E-state index contributed by atoms with van der Waals surface area (Å²) in [6.45, 7) is 4.64. The molecule has 0 fully saturated rings. The number of carbonyl (C=O) groups is 2. The first-order valence-electron chi connectivity index (χ1n) is 3.84. The monoisotopic (exact) mass is 216 g/mol. The SMILES string of the molecule is CCC(C)C(C)(C(=O)O)C(=O)O.[CaH2]. The number of hydrogen-bond donors (Lipinski definition) is 2. The van der Waals surface area contributed by atoms with Crippen molar-refractivity contribution in [2.75, 3.05) is 0 Å². The summed E-state index contributed by atoms with van der Waals surface area (Å²) in [4.78, 5) is 21.4. The van der Waals surface area contributed by atoms with Crippen LogP contribution in [0.15, 0.2) is 0 Å². The molecule has 1 unspecified atom stereocenters. The van der Waals surface area contributed by atoms with Gasteiger partial charge in [-0.3, -0.25) is 9.59 Å². The van der Waals surface area contributed by atoms with Gasteiger partial charge in [0, 0.05) is 0 Å². The fourth-order valence-corrected chi connectivity index (χ4v) is 0.921. The van der Waals surface area contributed by atoms with E-state index in [0.717, 1.165) is 0 Å². The Morgan fingerprint density at radius 3 is 1.69 bits per heavy atom. The van der Waals surface area contributed by atoms with Crippen molar-refractivity contribution in [3.05, 3.63) is 0 Å². The Bertz CT molecular complexity index is 188. The predicted octanol–water partition coefficient (Wildman–Crippen LogP) is 0.292. The van der Waals surface area contributed by atoms with E-state index in [1.807, 2.05) is 0 Å². The van der Waals surface area contributed by atoms with E-state index in [1.54, 1.807) is 13.8 Å². The van der Waals surface area contributed by atoms with E-state index in [0.29, 0.717) is 6.42 Å². The maximum atomic E-state index is 10.7. The van der Waals surface area contributed by atoms with Gasteiger partial charge in [0.25, 0.3) is 0 Å². The van der Waals surface area contributed by atoms with Gasteiger partial charge in [0.2, 0.25) is 0 Å². The minimum atomic E-state index is -1.66. The molecule has 74 valence electrons. The molecule has 13 heavy (non-hydrogen) atoms. The van der Waals surface area contributed by atoms with Gasteiger partial charge in [0.15, 0.2) is 5.41 Å². The van der Waals surface area contributed by atoms with Crippen LogP contribution < -0.4 is 0 Å². The Hall–Kier alpha value is 0.200. The number of aliphatic carboxylic acids is 2. The molecule has 0 aromatic heterocycles. The number of carboxylic acid groups (broad SMARTS) is 2. The fourth-order valence-electron chi connectivity index (χ4n) is 0.921. The Kier molecular flexibility index (Phi) is 7.03. The molecule has 5 heteroatoms. The van der Waals surface area contributed by atoms with Crippen LogP contribution in [0.4, 0.5) is 0 Å². The van der Waals surface area contributed by atoms with Crippen LogP contribution in [-0.2, 0) is 9.59 Å². The van der Waals surface area contributed by atoms with Gasteiger partial charge in [-0.1, -0.05) is 20.3 Å². The molecular formula is C8H16CaO4. The molecule has 0 spiro atoms. The Labute approximate surface area is 107 Å². The molecule has 0 aromatic carbocycles. The first kappa shape index (κ1) is 15.7. The van der Waals surface area contributed by atoms with E-state index in [4.69, 9.17) is 10.2 Å². The first-order chi connectivity index (χ1) is 5.37.